The third-order valence-corrected chi connectivity index (χ3v) is 6.08. The van der Waals surface area contributed by atoms with Gasteiger partial charge in [0, 0.05) is 21.5 Å². The number of thioether (sulfide) groups is 1. The molecule has 0 radical (unpaired) electrons. The summed E-state index contributed by atoms with van der Waals surface area (Å²) in [4.78, 5) is 18.2. The molecule has 140 valence electrons. The summed E-state index contributed by atoms with van der Waals surface area (Å²) >= 11 is 2.95. The van der Waals surface area contributed by atoms with Gasteiger partial charge in [0.25, 0.3) is 0 Å². The van der Waals surface area contributed by atoms with E-state index < -0.39 is 0 Å². The van der Waals surface area contributed by atoms with Crippen molar-refractivity contribution in [3.05, 3.63) is 53.9 Å². The largest absolute Gasteiger partial charge is 0.497 e. The van der Waals surface area contributed by atoms with Crippen molar-refractivity contribution >= 4 is 39.8 Å². The first-order valence-electron chi connectivity index (χ1n) is 8.52. The Kier molecular flexibility index (Phi) is 6.36. The first kappa shape index (κ1) is 19.3. The fraction of sp³-hybridized carbons (Fsp3) is 0.200. The lowest BCUT2D eigenvalue weighted by Gasteiger charge is -2.13. The normalized spacial score (nSPS) is 11.8. The smallest absolute Gasteiger partial charge is 0.239 e. The van der Waals surface area contributed by atoms with Crippen LogP contribution in [0.25, 0.3) is 11.3 Å². The van der Waals surface area contributed by atoms with Crippen LogP contribution in [0, 0.1) is 0 Å². The number of hydrogen-bond acceptors (Lipinski definition) is 6. The highest BCUT2D eigenvalue weighted by Gasteiger charge is 2.19. The summed E-state index contributed by atoms with van der Waals surface area (Å²) in [6.07, 6.45) is 0.720. The molecule has 1 aromatic heterocycles. The summed E-state index contributed by atoms with van der Waals surface area (Å²) < 4.78 is 5.17. The number of nitrogens with one attached hydrogen (secondary N) is 1. The van der Waals surface area contributed by atoms with Crippen LogP contribution in [0.15, 0.2) is 58.8 Å². The van der Waals surface area contributed by atoms with Crippen molar-refractivity contribution in [3.8, 4) is 17.0 Å². The summed E-state index contributed by atoms with van der Waals surface area (Å²) in [5.41, 5.74) is 8.24. The van der Waals surface area contributed by atoms with E-state index in [0.717, 1.165) is 28.3 Å². The van der Waals surface area contributed by atoms with E-state index in [0.29, 0.717) is 10.8 Å². The number of aromatic nitrogens is 1. The number of rotatable bonds is 7. The third-order valence-electron chi connectivity index (χ3n) is 3.94. The van der Waals surface area contributed by atoms with Crippen molar-refractivity contribution in [3.63, 3.8) is 0 Å². The van der Waals surface area contributed by atoms with Gasteiger partial charge in [-0.2, -0.15) is 0 Å². The number of carbonyl (C=O) groups excluding carboxylic acids is 1. The molecule has 1 heterocycles. The molecule has 1 unspecified atom stereocenters. The van der Waals surface area contributed by atoms with E-state index in [1.807, 2.05) is 60.8 Å². The molecule has 1 atom stereocenters. The van der Waals surface area contributed by atoms with E-state index in [9.17, 15) is 4.79 Å². The number of hydrogen-bond donors (Lipinski definition) is 2. The number of nitrogens with zero attached hydrogens (tertiary/aromatic N) is 1. The molecule has 0 saturated carbocycles. The van der Waals surface area contributed by atoms with Crippen molar-refractivity contribution in [2.75, 3.05) is 18.2 Å². The Bertz CT molecular complexity index is 892. The SMILES string of the molecule is CCC(Sc1ccc(N)cc1)C(=O)Nc1nc(-c2ccc(OC)cc2)cs1. The molecule has 2 aromatic carbocycles. The van der Waals surface area contributed by atoms with Crippen LogP contribution >= 0.6 is 23.1 Å². The number of anilines is 2. The highest BCUT2D eigenvalue weighted by Crippen LogP contribution is 2.29. The van der Waals surface area contributed by atoms with Gasteiger partial charge in [0.2, 0.25) is 5.91 Å². The molecular formula is C20H21N3O2S2. The zero-order chi connectivity index (χ0) is 19.2. The Morgan fingerprint density at radius 1 is 1.22 bits per heavy atom. The molecule has 1 amide bonds. The van der Waals surface area contributed by atoms with Gasteiger partial charge in [0.05, 0.1) is 18.1 Å². The standard InChI is InChI=1S/C20H21N3O2S2/c1-3-18(27-16-10-6-14(21)7-11-16)19(24)23-20-22-17(12-26-20)13-4-8-15(25-2)9-5-13/h4-12,18H,3,21H2,1-2H3,(H,22,23,24). The third kappa shape index (κ3) is 5.02. The Hall–Kier alpha value is -2.51. The molecule has 3 rings (SSSR count). The van der Waals surface area contributed by atoms with Gasteiger partial charge in [-0.3, -0.25) is 4.79 Å². The lowest BCUT2D eigenvalue weighted by Crippen LogP contribution is -2.24. The fourth-order valence-corrected chi connectivity index (χ4v) is 4.12. The molecule has 0 fully saturated rings. The average molecular weight is 400 g/mol. The fourth-order valence-electron chi connectivity index (χ4n) is 2.44. The van der Waals surface area contributed by atoms with Crippen LogP contribution in [-0.2, 0) is 4.79 Å². The summed E-state index contributed by atoms with van der Waals surface area (Å²) in [5, 5.41) is 5.28. The summed E-state index contributed by atoms with van der Waals surface area (Å²) in [6, 6.07) is 15.2. The van der Waals surface area contributed by atoms with Crippen LogP contribution in [0.3, 0.4) is 0 Å². The van der Waals surface area contributed by atoms with Gasteiger partial charge >= 0.3 is 0 Å². The van der Waals surface area contributed by atoms with Gasteiger partial charge in [-0.25, -0.2) is 4.98 Å². The number of nitrogens with two attached hydrogens (primary N) is 1. The predicted octanol–water partition coefficient (Wildman–Crippen LogP) is 4.91. The maximum Gasteiger partial charge on any atom is 0.239 e. The van der Waals surface area contributed by atoms with Crippen molar-refractivity contribution in [2.45, 2.75) is 23.5 Å². The molecule has 5 nitrogen and oxygen atoms in total. The quantitative estimate of drug-likeness (QED) is 0.436. The van der Waals surface area contributed by atoms with Gasteiger partial charge in [-0.1, -0.05) is 6.92 Å². The number of nitrogen functional groups attached to an aromatic ring is 1. The maximum absolute atomic E-state index is 12.6. The van der Waals surface area contributed by atoms with Crippen molar-refractivity contribution in [1.29, 1.82) is 0 Å². The van der Waals surface area contributed by atoms with Gasteiger partial charge in [-0.15, -0.1) is 23.1 Å². The maximum atomic E-state index is 12.6. The Morgan fingerprint density at radius 2 is 1.93 bits per heavy atom. The molecule has 0 aliphatic carbocycles. The molecule has 3 N–H and O–H groups in total. The number of ether oxygens (including phenoxy) is 1. The van der Waals surface area contributed by atoms with Gasteiger partial charge in [0.15, 0.2) is 5.13 Å². The minimum absolute atomic E-state index is 0.0463. The summed E-state index contributed by atoms with van der Waals surface area (Å²) in [5.74, 6) is 0.753. The highest BCUT2D eigenvalue weighted by molar-refractivity contribution is 8.00. The Morgan fingerprint density at radius 3 is 2.56 bits per heavy atom. The van der Waals surface area contributed by atoms with E-state index in [2.05, 4.69) is 10.3 Å². The second-order valence-corrected chi connectivity index (χ2v) is 7.97. The van der Waals surface area contributed by atoms with Crippen LogP contribution in [-0.4, -0.2) is 23.3 Å². The molecule has 0 saturated heterocycles. The number of amides is 1. The number of thiazole rings is 1. The van der Waals surface area contributed by atoms with Gasteiger partial charge in [0.1, 0.15) is 5.75 Å². The minimum Gasteiger partial charge on any atom is -0.497 e. The number of benzene rings is 2. The van der Waals surface area contributed by atoms with Crippen molar-refractivity contribution in [1.82, 2.24) is 4.98 Å². The topological polar surface area (TPSA) is 77.2 Å². The highest BCUT2D eigenvalue weighted by atomic mass is 32.2. The van der Waals surface area contributed by atoms with Crippen molar-refractivity contribution in [2.24, 2.45) is 0 Å². The second kappa shape index (κ2) is 8.92. The Balaban J connectivity index is 1.65. The van der Waals surface area contributed by atoms with Gasteiger partial charge < -0.3 is 15.8 Å². The molecule has 0 bridgehead atoms. The number of methoxy groups -OCH3 is 1. The minimum atomic E-state index is -0.193. The summed E-state index contributed by atoms with van der Waals surface area (Å²) in [7, 11) is 1.64. The molecule has 0 aliphatic rings. The lowest BCUT2D eigenvalue weighted by molar-refractivity contribution is -0.115. The number of carbonyl (C=O) groups is 1. The monoisotopic (exact) mass is 399 g/mol. The van der Waals surface area contributed by atoms with Gasteiger partial charge in [-0.05, 0) is 55.0 Å². The van der Waals surface area contributed by atoms with E-state index >= 15 is 0 Å². The molecule has 0 aliphatic heterocycles. The molecule has 3 aromatic rings. The molecule has 27 heavy (non-hydrogen) atoms. The lowest BCUT2D eigenvalue weighted by atomic mass is 10.2. The van der Waals surface area contributed by atoms with E-state index in [4.69, 9.17) is 10.5 Å². The van der Waals surface area contributed by atoms with Crippen molar-refractivity contribution < 1.29 is 9.53 Å². The molecule has 0 spiro atoms. The van der Waals surface area contributed by atoms with Crippen LogP contribution in [0.4, 0.5) is 10.8 Å². The van der Waals surface area contributed by atoms with E-state index in [1.165, 1.54) is 23.1 Å². The predicted molar refractivity (Wildman–Crippen MR) is 114 cm³/mol. The second-order valence-electron chi connectivity index (χ2n) is 5.84. The van der Waals surface area contributed by atoms with E-state index in [1.54, 1.807) is 7.11 Å². The van der Waals surface area contributed by atoms with Crippen LogP contribution in [0.1, 0.15) is 13.3 Å². The first-order valence-corrected chi connectivity index (χ1v) is 10.3. The zero-order valence-electron chi connectivity index (χ0n) is 15.1. The van der Waals surface area contributed by atoms with Crippen LogP contribution in [0.2, 0.25) is 0 Å². The Labute approximate surface area is 167 Å². The van der Waals surface area contributed by atoms with E-state index in [-0.39, 0.29) is 11.2 Å². The molecular weight excluding hydrogens is 378 g/mol. The van der Waals surface area contributed by atoms with Crippen LogP contribution < -0.4 is 15.8 Å². The summed E-state index contributed by atoms with van der Waals surface area (Å²) in [6.45, 7) is 2.00. The van der Waals surface area contributed by atoms with Crippen LogP contribution in [0.5, 0.6) is 5.75 Å². The average Bonchev–Trinajstić information content (AvgIpc) is 3.16. The molecule has 7 heteroatoms. The zero-order valence-corrected chi connectivity index (χ0v) is 16.8. The first-order chi connectivity index (χ1) is 13.1.